The average molecular weight is 515 g/mol. The first kappa shape index (κ1) is 22.8. The molecule has 8 rings (SSSR count). The number of aromatic hydroxyl groups is 1. The van der Waals surface area contributed by atoms with Gasteiger partial charge in [-0.1, -0.05) is 18.2 Å². The number of phenolic OH excluding ortho intramolecular Hbond substituents is 1. The summed E-state index contributed by atoms with van der Waals surface area (Å²) in [7, 11) is 0. The molecule has 3 aliphatic carbocycles. The summed E-state index contributed by atoms with van der Waals surface area (Å²) in [5.74, 6) is 0.785. The minimum Gasteiger partial charge on any atom is -0.504 e. The Kier molecular flexibility index (Phi) is 4.62. The van der Waals surface area contributed by atoms with Crippen LogP contribution in [0.3, 0.4) is 0 Å². The van der Waals surface area contributed by atoms with E-state index in [1.807, 2.05) is 6.07 Å². The smallest absolute Gasteiger partial charge is 0.251 e. The number of hydrogen-bond donors (Lipinski definition) is 3. The number of piperidine rings is 1. The van der Waals surface area contributed by atoms with Crippen molar-refractivity contribution in [3.63, 3.8) is 0 Å². The molecule has 1 spiro atoms. The topological polar surface area (TPSA) is 82.0 Å². The number of aliphatic hydroxyl groups is 1. The number of fused-ring (bicyclic) bond motifs is 1. The van der Waals surface area contributed by atoms with Crippen molar-refractivity contribution in [3.05, 3.63) is 71.0 Å². The predicted octanol–water partition coefficient (Wildman–Crippen LogP) is 4.05. The van der Waals surface area contributed by atoms with Gasteiger partial charge < -0.3 is 20.3 Å². The molecule has 2 heterocycles. The molecule has 2 aliphatic heterocycles. The van der Waals surface area contributed by atoms with Gasteiger partial charge in [0.2, 0.25) is 0 Å². The number of nitrogens with one attached hydrogen (secondary N) is 1. The van der Waals surface area contributed by atoms with Crippen LogP contribution in [0.5, 0.6) is 11.5 Å². The van der Waals surface area contributed by atoms with Crippen LogP contribution in [0.2, 0.25) is 0 Å². The second kappa shape index (κ2) is 7.70. The van der Waals surface area contributed by atoms with Crippen molar-refractivity contribution in [2.24, 2.45) is 5.92 Å². The summed E-state index contributed by atoms with van der Waals surface area (Å²) >= 11 is 0. The Hall–Kier alpha value is -3.16. The summed E-state index contributed by atoms with van der Waals surface area (Å²) in [5.41, 5.74) is 0.951. The molecule has 1 saturated heterocycles. The van der Waals surface area contributed by atoms with Gasteiger partial charge in [0.15, 0.2) is 11.5 Å². The van der Waals surface area contributed by atoms with Crippen molar-refractivity contribution in [3.8, 4) is 11.5 Å². The molecule has 0 aromatic heterocycles. The first-order chi connectivity index (χ1) is 18.4. The molecule has 38 heavy (non-hydrogen) atoms. The normalized spacial score (nSPS) is 33.1. The number of hydrogen-bond acceptors (Lipinski definition) is 5. The van der Waals surface area contributed by atoms with Gasteiger partial charge in [0.25, 0.3) is 5.91 Å². The van der Waals surface area contributed by atoms with Crippen molar-refractivity contribution in [2.75, 3.05) is 13.1 Å². The van der Waals surface area contributed by atoms with Gasteiger partial charge in [-0.15, -0.1) is 0 Å². The van der Waals surface area contributed by atoms with Crippen LogP contribution in [0.4, 0.5) is 4.39 Å². The van der Waals surface area contributed by atoms with E-state index in [0.29, 0.717) is 24.2 Å². The third kappa shape index (κ3) is 2.97. The van der Waals surface area contributed by atoms with E-state index in [-0.39, 0.29) is 29.6 Å². The number of carbonyl (C=O) groups excluding carboxylic acids is 1. The lowest BCUT2D eigenvalue weighted by Gasteiger charge is -2.64. The van der Waals surface area contributed by atoms with Crippen molar-refractivity contribution < 1.29 is 24.1 Å². The van der Waals surface area contributed by atoms with Crippen LogP contribution in [0.1, 0.15) is 53.6 Å². The number of nitrogens with zero attached hydrogens (tertiary/aromatic N) is 1. The molecule has 1 amide bonds. The molecule has 2 saturated carbocycles. The zero-order valence-corrected chi connectivity index (χ0v) is 21.1. The van der Waals surface area contributed by atoms with Gasteiger partial charge >= 0.3 is 0 Å². The fraction of sp³-hybridized carbons (Fsp3) is 0.452. The Morgan fingerprint density at radius 2 is 1.89 bits per heavy atom. The molecule has 3 fully saturated rings. The second-order valence-electron chi connectivity index (χ2n) is 12.1. The molecule has 3 aromatic rings. The molecular formula is C31H31FN2O4. The summed E-state index contributed by atoms with van der Waals surface area (Å²) < 4.78 is 20.2. The summed E-state index contributed by atoms with van der Waals surface area (Å²) in [4.78, 5) is 16.0. The Morgan fingerprint density at radius 3 is 2.74 bits per heavy atom. The number of rotatable bonds is 4. The highest BCUT2D eigenvalue weighted by Crippen LogP contribution is 2.65. The highest BCUT2D eigenvalue weighted by Gasteiger charge is 2.73. The average Bonchev–Trinajstić information content (AvgIpc) is 3.65. The van der Waals surface area contributed by atoms with Gasteiger partial charge in [0, 0.05) is 23.7 Å². The fourth-order valence-electron chi connectivity index (χ4n) is 8.24. The number of ether oxygens (including phenoxy) is 1. The van der Waals surface area contributed by atoms with E-state index in [4.69, 9.17) is 4.74 Å². The van der Waals surface area contributed by atoms with Crippen LogP contribution < -0.4 is 10.1 Å². The largest absolute Gasteiger partial charge is 0.504 e. The molecule has 6 nitrogen and oxygen atoms in total. The lowest BCUT2D eigenvalue weighted by molar-refractivity contribution is -0.191. The SMILES string of the molecule is O=C(N[C@@H]1CC[C@@]2(O)[C@H]3Cc4ccc(O)c5c4[C@@]2(CCN3CC2CC2)[C@H]1O5)c1ccc2cc(F)ccc2c1. The van der Waals surface area contributed by atoms with Gasteiger partial charge in [-0.25, -0.2) is 4.39 Å². The first-order valence-corrected chi connectivity index (χ1v) is 13.9. The summed E-state index contributed by atoms with van der Waals surface area (Å²) in [6.45, 7) is 1.90. The zero-order valence-electron chi connectivity index (χ0n) is 21.1. The number of likely N-dealkylation sites (tertiary alicyclic amines) is 1. The standard InChI is InChI=1S/C31H31FN2O4/c32-22-7-5-18-13-21(4-3-19(18)14-22)29(36)33-23-9-10-31(37)25-15-20-6-8-24(35)27-26(20)30(31,28(23)38-27)11-12-34(25)16-17-1-2-17/h3-8,13-14,17,23,25,28,35,37H,1-2,9-12,15-16H2,(H,33,36)/t23-,25-,28+,30+,31-/m1/s1. The monoisotopic (exact) mass is 514 g/mol. The Balaban J connectivity index is 1.16. The minimum atomic E-state index is -0.981. The van der Waals surface area contributed by atoms with E-state index in [1.54, 1.807) is 30.3 Å². The molecule has 5 aliphatic rings. The van der Waals surface area contributed by atoms with Crippen molar-refractivity contribution in [1.82, 2.24) is 10.2 Å². The number of halogens is 1. The van der Waals surface area contributed by atoms with E-state index in [0.717, 1.165) is 53.7 Å². The minimum absolute atomic E-state index is 0.00322. The molecule has 0 unspecified atom stereocenters. The lowest BCUT2D eigenvalue weighted by atomic mass is 9.48. The second-order valence-corrected chi connectivity index (χ2v) is 12.1. The van der Waals surface area contributed by atoms with Crippen LogP contribution in [-0.4, -0.2) is 57.9 Å². The fourth-order valence-corrected chi connectivity index (χ4v) is 8.24. The number of phenols is 1. The summed E-state index contributed by atoms with van der Waals surface area (Å²) in [5, 5.41) is 28.1. The maximum Gasteiger partial charge on any atom is 0.251 e. The van der Waals surface area contributed by atoms with E-state index < -0.39 is 17.1 Å². The molecular weight excluding hydrogens is 483 g/mol. The van der Waals surface area contributed by atoms with E-state index in [9.17, 15) is 19.4 Å². The number of amides is 1. The highest BCUT2D eigenvalue weighted by molar-refractivity contribution is 5.98. The van der Waals surface area contributed by atoms with E-state index >= 15 is 0 Å². The van der Waals surface area contributed by atoms with Gasteiger partial charge in [0.05, 0.1) is 17.1 Å². The lowest BCUT2D eigenvalue weighted by Crippen LogP contribution is -2.78. The van der Waals surface area contributed by atoms with Gasteiger partial charge in [-0.2, -0.15) is 0 Å². The van der Waals surface area contributed by atoms with Gasteiger partial charge in [-0.05, 0) is 97.7 Å². The number of carbonyl (C=O) groups is 1. The van der Waals surface area contributed by atoms with Crippen LogP contribution in [0, 0.1) is 11.7 Å². The maximum absolute atomic E-state index is 13.6. The Morgan fingerprint density at radius 1 is 1.08 bits per heavy atom. The van der Waals surface area contributed by atoms with Crippen molar-refractivity contribution in [2.45, 2.75) is 67.7 Å². The zero-order chi connectivity index (χ0) is 25.8. The van der Waals surface area contributed by atoms with Crippen LogP contribution in [-0.2, 0) is 11.8 Å². The first-order valence-electron chi connectivity index (χ1n) is 13.9. The van der Waals surface area contributed by atoms with Gasteiger partial charge in [0.1, 0.15) is 11.9 Å². The van der Waals surface area contributed by atoms with Crippen molar-refractivity contribution in [1.29, 1.82) is 0 Å². The Bertz CT molecular complexity index is 1500. The highest BCUT2D eigenvalue weighted by atomic mass is 19.1. The molecule has 196 valence electrons. The van der Waals surface area contributed by atoms with E-state index in [2.05, 4.69) is 10.2 Å². The molecule has 3 N–H and O–H groups in total. The van der Waals surface area contributed by atoms with Crippen molar-refractivity contribution >= 4 is 16.7 Å². The molecule has 5 atom stereocenters. The quantitative estimate of drug-likeness (QED) is 0.490. The van der Waals surface area contributed by atoms with E-state index in [1.165, 1.54) is 25.0 Å². The summed E-state index contributed by atoms with van der Waals surface area (Å²) in [6, 6.07) is 13.2. The molecule has 7 heteroatoms. The molecule has 2 bridgehead atoms. The predicted molar refractivity (Wildman–Crippen MR) is 140 cm³/mol. The van der Waals surface area contributed by atoms with Gasteiger partial charge in [-0.3, -0.25) is 9.69 Å². The maximum atomic E-state index is 13.6. The molecule has 0 radical (unpaired) electrons. The summed E-state index contributed by atoms with van der Waals surface area (Å²) in [6.07, 6.45) is 4.71. The third-order valence-electron chi connectivity index (χ3n) is 10.1. The Labute approximate surface area is 220 Å². The number of benzene rings is 3. The van der Waals surface area contributed by atoms with Crippen LogP contribution in [0.15, 0.2) is 48.5 Å². The van der Waals surface area contributed by atoms with Crippen LogP contribution in [0.25, 0.3) is 10.8 Å². The molecule has 3 aromatic carbocycles. The van der Waals surface area contributed by atoms with Crippen LogP contribution >= 0.6 is 0 Å². The third-order valence-corrected chi connectivity index (χ3v) is 10.1.